The molecule has 1 atom stereocenters. The van der Waals surface area contributed by atoms with Gasteiger partial charge < -0.3 is 10.6 Å². The topological polar surface area (TPSA) is 57.5 Å². The number of guanidine groups is 1. The van der Waals surface area contributed by atoms with E-state index in [0.717, 1.165) is 32.1 Å². The molecule has 1 fully saturated rings. The van der Waals surface area contributed by atoms with Crippen LogP contribution in [0.15, 0.2) is 47.7 Å². The Kier molecular flexibility index (Phi) is 9.77. The van der Waals surface area contributed by atoms with Crippen LogP contribution in [0.25, 0.3) is 0 Å². The summed E-state index contributed by atoms with van der Waals surface area (Å²) in [5, 5.41) is 11.2. The SMILES string of the molecule is CCNC(=NCc1cccc(Cn2cccn2)c1)NCC1CCCN1CC.I. The van der Waals surface area contributed by atoms with Gasteiger partial charge in [-0.15, -0.1) is 24.0 Å². The Morgan fingerprint density at radius 3 is 2.82 bits per heavy atom. The molecule has 0 aliphatic carbocycles. The molecule has 28 heavy (non-hydrogen) atoms. The number of hydrogen-bond donors (Lipinski definition) is 2. The highest BCUT2D eigenvalue weighted by atomic mass is 127. The van der Waals surface area contributed by atoms with E-state index in [1.807, 2.05) is 23.1 Å². The number of nitrogens with zero attached hydrogens (tertiary/aromatic N) is 4. The van der Waals surface area contributed by atoms with Crippen molar-refractivity contribution >= 4 is 29.9 Å². The van der Waals surface area contributed by atoms with Crippen molar-refractivity contribution < 1.29 is 0 Å². The van der Waals surface area contributed by atoms with Crippen molar-refractivity contribution in [3.63, 3.8) is 0 Å². The van der Waals surface area contributed by atoms with Crippen LogP contribution < -0.4 is 10.6 Å². The highest BCUT2D eigenvalue weighted by molar-refractivity contribution is 14.0. The van der Waals surface area contributed by atoms with Gasteiger partial charge in [0.25, 0.3) is 0 Å². The van der Waals surface area contributed by atoms with Crippen molar-refractivity contribution in [1.29, 1.82) is 0 Å². The molecule has 0 amide bonds. The second-order valence-corrected chi connectivity index (χ2v) is 7.02. The summed E-state index contributed by atoms with van der Waals surface area (Å²) in [6, 6.07) is 11.2. The van der Waals surface area contributed by atoms with Crippen molar-refractivity contribution in [2.75, 3.05) is 26.2 Å². The monoisotopic (exact) mass is 496 g/mol. The van der Waals surface area contributed by atoms with Crippen molar-refractivity contribution in [2.24, 2.45) is 4.99 Å². The van der Waals surface area contributed by atoms with Crippen LogP contribution in [0.3, 0.4) is 0 Å². The van der Waals surface area contributed by atoms with Crippen molar-refractivity contribution in [3.8, 4) is 0 Å². The van der Waals surface area contributed by atoms with Gasteiger partial charge in [0.1, 0.15) is 0 Å². The lowest BCUT2D eigenvalue weighted by molar-refractivity contribution is 0.267. The quantitative estimate of drug-likeness (QED) is 0.335. The van der Waals surface area contributed by atoms with Crippen molar-refractivity contribution in [2.45, 2.75) is 45.8 Å². The fraction of sp³-hybridized carbons (Fsp3) is 0.524. The maximum Gasteiger partial charge on any atom is 0.191 e. The van der Waals surface area contributed by atoms with Crippen molar-refractivity contribution in [3.05, 3.63) is 53.9 Å². The number of likely N-dealkylation sites (tertiary alicyclic amines) is 1. The normalized spacial score (nSPS) is 17.4. The molecule has 1 saturated heterocycles. The number of aliphatic imine (C=N–C) groups is 1. The second-order valence-electron chi connectivity index (χ2n) is 7.02. The summed E-state index contributed by atoms with van der Waals surface area (Å²) in [7, 11) is 0. The summed E-state index contributed by atoms with van der Waals surface area (Å²) < 4.78 is 1.94. The number of rotatable bonds is 8. The van der Waals surface area contributed by atoms with Crippen LogP contribution in [0, 0.1) is 0 Å². The van der Waals surface area contributed by atoms with Gasteiger partial charge in [0.05, 0.1) is 13.1 Å². The lowest BCUT2D eigenvalue weighted by Crippen LogP contribution is -2.44. The van der Waals surface area contributed by atoms with Gasteiger partial charge in [-0.1, -0.05) is 31.2 Å². The van der Waals surface area contributed by atoms with Gasteiger partial charge in [0.15, 0.2) is 5.96 Å². The van der Waals surface area contributed by atoms with Gasteiger partial charge in [0, 0.05) is 31.5 Å². The summed E-state index contributed by atoms with van der Waals surface area (Å²) in [5.74, 6) is 0.901. The number of aromatic nitrogens is 2. The maximum atomic E-state index is 4.79. The standard InChI is InChI=1S/C21H32N6.HI/c1-3-22-21(24-16-20-10-6-12-26(20)4-2)23-15-18-8-5-9-19(14-18)17-27-13-7-11-25-27;/h5,7-9,11,13-14,20H,3-4,6,10,12,15-17H2,1-2H3,(H2,22,23,24);1H. The molecule has 6 nitrogen and oxygen atoms in total. The summed E-state index contributed by atoms with van der Waals surface area (Å²) in [6.45, 7) is 9.99. The number of hydrogen-bond acceptors (Lipinski definition) is 3. The Morgan fingerprint density at radius 1 is 1.21 bits per heavy atom. The van der Waals surface area contributed by atoms with Crippen LogP contribution >= 0.6 is 24.0 Å². The molecule has 1 aromatic heterocycles. The molecule has 1 aliphatic heterocycles. The number of benzene rings is 1. The molecule has 0 radical (unpaired) electrons. The molecule has 0 bridgehead atoms. The first kappa shape index (κ1) is 22.7. The lowest BCUT2D eigenvalue weighted by Gasteiger charge is -2.24. The van der Waals surface area contributed by atoms with Crippen LogP contribution in [-0.4, -0.2) is 52.9 Å². The maximum absolute atomic E-state index is 4.79. The lowest BCUT2D eigenvalue weighted by atomic mass is 10.1. The fourth-order valence-electron chi connectivity index (χ4n) is 3.68. The van der Waals surface area contributed by atoms with Gasteiger partial charge >= 0.3 is 0 Å². The summed E-state index contributed by atoms with van der Waals surface area (Å²) >= 11 is 0. The molecule has 2 N–H and O–H groups in total. The van der Waals surface area contributed by atoms with E-state index in [1.54, 1.807) is 0 Å². The van der Waals surface area contributed by atoms with E-state index in [-0.39, 0.29) is 24.0 Å². The first-order valence-electron chi connectivity index (χ1n) is 10.1. The molecule has 154 valence electrons. The summed E-state index contributed by atoms with van der Waals surface area (Å²) in [6.07, 6.45) is 6.37. The molecular weight excluding hydrogens is 463 g/mol. The number of likely N-dealkylation sites (N-methyl/N-ethyl adjacent to an activating group) is 1. The van der Waals surface area contributed by atoms with E-state index in [9.17, 15) is 0 Å². The van der Waals surface area contributed by atoms with Gasteiger partial charge in [0.2, 0.25) is 0 Å². The van der Waals surface area contributed by atoms with Crippen LogP contribution in [0.5, 0.6) is 0 Å². The minimum atomic E-state index is 0. The summed E-state index contributed by atoms with van der Waals surface area (Å²) in [5.41, 5.74) is 2.46. The molecule has 1 unspecified atom stereocenters. The van der Waals surface area contributed by atoms with Crippen molar-refractivity contribution in [1.82, 2.24) is 25.3 Å². The molecule has 0 saturated carbocycles. The largest absolute Gasteiger partial charge is 0.357 e. The Hall–Kier alpha value is -1.61. The van der Waals surface area contributed by atoms with E-state index in [1.165, 1.54) is 30.5 Å². The van der Waals surface area contributed by atoms with E-state index in [2.05, 4.69) is 58.7 Å². The fourth-order valence-corrected chi connectivity index (χ4v) is 3.68. The first-order chi connectivity index (χ1) is 13.3. The zero-order valence-corrected chi connectivity index (χ0v) is 19.3. The highest BCUT2D eigenvalue weighted by Gasteiger charge is 2.22. The zero-order chi connectivity index (χ0) is 18.9. The smallest absolute Gasteiger partial charge is 0.191 e. The Bertz CT molecular complexity index is 715. The van der Waals surface area contributed by atoms with E-state index in [0.29, 0.717) is 12.6 Å². The Labute approximate surface area is 185 Å². The Balaban J connectivity index is 0.00000280. The van der Waals surface area contributed by atoms with E-state index < -0.39 is 0 Å². The minimum Gasteiger partial charge on any atom is -0.357 e. The predicted octanol–water partition coefficient (Wildman–Crippen LogP) is 3.09. The van der Waals surface area contributed by atoms with E-state index in [4.69, 9.17) is 4.99 Å². The zero-order valence-electron chi connectivity index (χ0n) is 17.0. The molecule has 3 rings (SSSR count). The van der Waals surface area contributed by atoms with Crippen LogP contribution in [-0.2, 0) is 13.1 Å². The Morgan fingerprint density at radius 2 is 2.07 bits per heavy atom. The molecule has 7 heteroatoms. The van der Waals surface area contributed by atoms with Crippen LogP contribution in [0.1, 0.15) is 37.8 Å². The van der Waals surface area contributed by atoms with Gasteiger partial charge in [-0.25, -0.2) is 4.99 Å². The molecule has 2 heterocycles. The second kappa shape index (κ2) is 12.1. The highest BCUT2D eigenvalue weighted by Crippen LogP contribution is 2.15. The van der Waals surface area contributed by atoms with Crippen LogP contribution in [0.4, 0.5) is 0 Å². The molecule has 2 aromatic rings. The van der Waals surface area contributed by atoms with Gasteiger partial charge in [-0.3, -0.25) is 9.58 Å². The summed E-state index contributed by atoms with van der Waals surface area (Å²) in [4.78, 5) is 7.34. The van der Waals surface area contributed by atoms with Crippen LogP contribution in [0.2, 0.25) is 0 Å². The average Bonchev–Trinajstić information content (AvgIpc) is 3.36. The third-order valence-electron chi connectivity index (χ3n) is 5.07. The third-order valence-corrected chi connectivity index (χ3v) is 5.07. The average molecular weight is 496 g/mol. The molecular formula is C21H33IN6. The molecule has 0 spiro atoms. The van der Waals surface area contributed by atoms with Gasteiger partial charge in [-0.05, 0) is 50.0 Å². The first-order valence-corrected chi connectivity index (χ1v) is 10.1. The minimum absolute atomic E-state index is 0. The number of nitrogens with one attached hydrogen (secondary N) is 2. The van der Waals surface area contributed by atoms with E-state index >= 15 is 0 Å². The van der Waals surface area contributed by atoms with Gasteiger partial charge in [-0.2, -0.15) is 5.10 Å². The molecule has 1 aliphatic rings. The predicted molar refractivity (Wildman–Crippen MR) is 126 cm³/mol. The number of halogens is 1. The third kappa shape index (κ3) is 6.77. The molecule has 1 aromatic carbocycles.